The van der Waals surface area contributed by atoms with Crippen molar-refractivity contribution >= 4 is 32.7 Å². The van der Waals surface area contributed by atoms with Crippen molar-refractivity contribution in [2.45, 2.75) is 51.9 Å². The fraction of sp³-hybridized carbons (Fsp3) is 0.520. The Kier molecular flexibility index (Phi) is 8.15. The van der Waals surface area contributed by atoms with Crippen molar-refractivity contribution in [3.8, 4) is 0 Å². The molecule has 4 rings (SSSR count). The maximum Gasteiger partial charge on any atom is 0.281 e. The van der Waals surface area contributed by atoms with E-state index in [0.717, 1.165) is 31.5 Å². The minimum atomic E-state index is -0.300. The summed E-state index contributed by atoms with van der Waals surface area (Å²) in [6, 6.07) is 9.54. The number of likely N-dealkylation sites (N-methyl/N-ethyl adjacent to an activating group) is 1. The molecule has 9 nitrogen and oxygen atoms in total. The maximum absolute atomic E-state index is 13.4. The van der Waals surface area contributed by atoms with E-state index >= 15 is 0 Å². The second-order valence-corrected chi connectivity index (χ2v) is 10.2. The Morgan fingerprint density at radius 2 is 2.06 bits per heavy atom. The van der Waals surface area contributed by atoms with E-state index < -0.39 is 0 Å². The molecule has 2 aromatic heterocycles. The van der Waals surface area contributed by atoms with E-state index in [4.69, 9.17) is 14.7 Å². The fourth-order valence-corrected chi connectivity index (χ4v) is 5.45. The van der Waals surface area contributed by atoms with Crippen molar-refractivity contribution in [2.75, 3.05) is 38.8 Å². The van der Waals surface area contributed by atoms with Crippen LogP contribution in [-0.2, 0) is 22.6 Å². The Morgan fingerprint density at radius 1 is 1.29 bits per heavy atom. The van der Waals surface area contributed by atoms with Gasteiger partial charge < -0.3 is 15.0 Å². The molecule has 3 aromatic rings. The number of fused-ring (bicyclic) bond motifs is 1. The van der Waals surface area contributed by atoms with Gasteiger partial charge in [-0.3, -0.25) is 19.1 Å². The van der Waals surface area contributed by atoms with Gasteiger partial charge in [-0.05, 0) is 39.3 Å². The summed E-state index contributed by atoms with van der Waals surface area (Å²) in [5, 5.41) is 3.74. The highest BCUT2D eigenvalue weighted by molar-refractivity contribution is 7.21. The number of amides is 1. The topological polar surface area (TPSA) is 92.6 Å². The number of ether oxygens (including phenoxy) is 1. The number of benzene rings is 1. The standard InChI is InChI=1S/C25H34N6O3S/c1-17(2)31-20(16-29(3)13-14-34-4)27-23-21(24(31)33)28-25(35-23)30-12-8-11-19(30)22(32)26-15-18-9-6-5-7-10-18/h5-7,9-10,17,19H,8,11-16H2,1-4H3,(H,26,32)/t19-/m1/s1. The minimum absolute atomic E-state index is 0.0152. The van der Waals surface area contributed by atoms with Gasteiger partial charge in [-0.25, -0.2) is 9.97 Å². The van der Waals surface area contributed by atoms with Crippen molar-refractivity contribution < 1.29 is 9.53 Å². The predicted molar refractivity (Wildman–Crippen MR) is 139 cm³/mol. The lowest BCUT2D eigenvalue weighted by Gasteiger charge is -2.23. The molecule has 1 fully saturated rings. The van der Waals surface area contributed by atoms with Crippen LogP contribution in [0.5, 0.6) is 0 Å². The zero-order chi connectivity index (χ0) is 24.9. The lowest BCUT2D eigenvalue weighted by atomic mass is 10.2. The third-order valence-corrected chi connectivity index (χ3v) is 7.23. The van der Waals surface area contributed by atoms with Gasteiger partial charge in [0.25, 0.3) is 5.56 Å². The number of carbonyl (C=O) groups is 1. The number of nitrogens with one attached hydrogen (secondary N) is 1. The number of thiazole rings is 1. The number of anilines is 1. The molecule has 1 N–H and O–H groups in total. The van der Waals surface area contributed by atoms with Crippen LogP contribution in [0.25, 0.3) is 10.3 Å². The molecule has 0 radical (unpaired) electrons. The van der Waals surface area contributed by atoms with E-state index in [1.165, 1.54) is 11.3 Å². The number of hydrogen-bond acceptors (Lipinski definition) is 8. The van der Waals surface area contributed by atoms with E-state index in [0.29, 0.717) is 41.0 Å². The molecule has 188 valence electrons. The number of hydrogen-bond donors (Lipinski definition) is 1. The van der Waals surface area contributed by atoms with Crippen LogP contribution in [0.3, 0.4) is 0 Å². The zero-order valence-corrected chi connectivity index (χ0v) is 21.7. The molecule has 1 saturated heterocycles. The largest absolute Gasteiger partial charge is 0.383 e. The van der Waals surface area contributed by atoms with E-state index in [1.54, 1.807) is 11.7 Å². The normalized spacial score (nSPS) is 16.1. The molecule has 1 aliphatic rings. The van der Waals surface area contributed by atoms with Crippen LogP contribution in [0.4, 0.5) is 5.13 Å². The van der Waals surface area contributed by atoms with Crippen molar-refractivity contribution in [3.63, 3.8) is 0 Å². The van der Waals surface area contributed by atoms with Gasteiger partial charge in [0, 0.05) is 32.8 Å². The molecule has 1 amide bonds. The molecular weight excluding hydrogens is 464 g/mol. The number of rotatable bonds is 10. The minimum Gasteiger partial charge on any atom is -0.383 e. The molecular formula is C25H34N6O3S. The molecule has 3 heterocycles. The molecule has 0 aliphatic carbocycles. The first-order valence-corrected chi connectivity index (χ1v) is 12.9. The Hall–Kier alpha value is -2.82. The molecule has 0 saturated carbocycles. The number of methoxy groups -OCH3 is 1. The predicted octanol–water partition coefficient (Wildman–Crippen LogP) is 2.80. The molecule has 35 heavy (non-hydrogen) atoms. The van der Waals surface area contributed by atoms with E-state index in [9.17, 15) is 9.59 Å². The van der Waals surface area contributed by atoms with Crippen molar-refractivity contribution in [1.29, 1.82) is 0 Å². The third kappa shape index (κ3) is 5.71. The van der Waals surface area contributed by atoms with Crippen LogP contribution in [0.2, 0.25) is 0 Å². The second kappa shape index (κ2) is 11.3. The van der Waals surface area contributed by atoms with E-state index in [2.05, 4.69) is 10.2 Å². The Morgan fingerprint density at radius 3 is 2.77 bits per heavy atom. The first-order chi connectivity index (χ1) is 16.9. The van der Waals surface area contributed by atoms with E-state index in [-0.39, 0.29) is 23.6 Å². The fourth-order valence-electron chi connectivity index (χ4n) is 4.42. The highest BCUT2D eigenvalue weighted by Crippen LogP contribution is 2.32. The molecule has 1 aromatic carbocycles. The number of carbonyl (C=O) groups excluding carboxylic acids is 1. The monoisotopic (exact) mass is 498 g/mol. The molecule has 10 heteroatoms. The Bertz CT molecular complexity index is 1210. The van der Waals surface area contributed by atoms with Crippen LogP contribution in [0.15, 0.2) is 35.1 Å². The van der Waals surface area contributed by atoms with Crippen LogP contribution in [0.1, 0.15) is 44.1 Å². The van der Waals surface area contributed by atoms with Gasteiger partial charge >= 0.3 is 0 Å². The quantitative estimate of drug-likeness (QED) is 0.459. The summed E-state index contributed by atoms with van der Waals surface area (Å²) in [6.45, 7) is 7.07. The second-order valence-electron chi connectivity index (χ2n) is 9.23. The maximum atomic E-state index is 13.4. The van der Waals surface area contributed by atoms with Crippen molar-refractivity contribution in [3.05, 3.63) is 52.1 Å². The van der Waals surface area contributed by atoms with Crippen LogP contribution < -0.4 is 15.8 Å². The lowest BCUT2D eigenvalue weighted by molar-refractivity contribution is -0.122. The van der Waals surface area contributed by atoms with E-state index in [1.807, 2.05) is 56.1 Å². The average molecular weight is 499 g/mol. The van der Waals surface area contributed by atoms with Gasteiger partial charge in [0.2, 0.25) is 5.91 Å². The van der Waals surface area contributed by atoms with Gasteiger partial charge in [-0.2, -0.15) is 0 Å². The summed E-state index contributed by atoms with van der Waals surface area (Å²) in [5.41, 5.74) is 1.30. The van der Waals surface area contributed by atoms with Crippen molar-refractivity contribution in [1.82, 2.24) is 24.8 Å². The first kappa shape index (κ1) is 25.3. The summed E-state index contributed by atoms with van der Waals surface area (Å²) in [5.74, 6) is 0.698. The Labute approximate surface area is 209 Å². The summed E-state index contributed by atoms with van der Waals surface area (Å²) in [6.07, 6.45) is 1.66. The highest BCUT2D eigenvalue weighted by atomic mass is 32.1. The SMILES string of the molecule is COCCN(C)Cc1nc2sc(N3CCC[C@@H]3C(=O)NCc3ccccc3)nc2c(=O)n1C(C)C. The molecule has 0 spiro atoms. The molecule has 0 unspecified atom stereocenters. The summed E-state index contributed by atoms with van der Waals surface area (Å²) in [4.78, 5) is 40.7. The van der Waals surface area contributed by atoms with Crippen molar-refractivity contribution in [2.24, 2.45) is 0 Å². The van der Waals surface area contributed by atoms with Gasteiger partial charge in [0.15, 0.2) is 15.5 Å². The first-order valence-electron chi connectivity index (χ1n) is 12.1. The molecule has 0 bridgehead atoms. The highest BCUT2D eigenvalue weighted by Gasteiger charge is 2.33. The number of aromatic nitrogens is 3. The summed E-state index contributed by atoms with van der Waals surface area (Å²) < 4.78 is 6.90. The Balaban J connectivity index is 1.58. The van der Waals surface area contributed by atoms with Gasteiger partial charge in [0.05, 0.1) is 13.2 Å². The summed E-state index contributed by atoms with van der Waals surface area (Å²) >= 11 is 1.39. The molecule has 1 aliphatic heterocycles. The lowest BCUT2D eigenvalue weighted by Crippen LogP contribution is -2.43. The number of nitrogens with zero attached hydrogens (tertiary/aromatic N) is 5. The van der Waals surface area contributed by atoms with Crippen LogP contribution in [0, 0.1) is 0 Å². The van der Waals surface area contributed by atoms with Gasteiger partial charge in [0.1, 0.15) is 11.9 Å². The average Bonchev–Trinajstić information content (AvgIpc) is 3.49. The summed E-state index contributed by atoms with van der Waals surface area (Å²) in [7, 11) is 3.66. The smallest absolute Gasteiger partial charge is 0.281 e. The van der Waals surface area contributed by atoms with Gasteiger partial charge in [-0.15, -0.1) is 0 Å². The van der Waals surface area contributed by atoms with Crippen LogP contribution >= 0.6 is 11.3 Å². The third-order valence-electron chi connectivity index (χ3n) is 6.24. The molecule has 1 atom stereocenters. The zero-order valence-electron chi connectivity index (χ0n) is 20.9. The van der Waals surface area contributed by atoms with Gasteiger partial charge in [-0.1, -0.05) is 41.7 Å². The van der Waals surface area contributed by atoms with Crippen LogP contribution in [-0.4, -0.2) is 65.2 Å².